The molecule has 0 aromatic heterocycles. The molecule has 0 aromatic rings. The van der Waals surface area contributed by atoms with Gasteiger partial charge in [-0.05, 0) is 10.8 Å². The second-order valence-corrected chi connectivity index (χ2v) is 9.27. The molecule has 3 heteroatoms. The summed E-state index contributed by atoms with van der Waals surface area (Å²) in [6, 6.07) is 0. The van der Waals surface area contributed by atoms with Crippen LogP contribution in [0.3, 0.4) is 0 Å². The van der Waals surface area contributed by atoms with E-state index in [0.29, 0.717) is 10.8 Å². The van der Waals surface area contributed by atoms with Gasteiger partial charge < -0.3 is 0 Å². The zero-order valence-corrected chi connectivity index (χ0v) is 14.9. The molecule has 0 unspecified atom stereocenters. The molecule has 0 saturated carbocycles. The van der Waals surface area contributed by atoms with Crippen molar-refractivity contribution >= 4 is 26.5 Å². The van der Waals surface area contributed by atoms with E-state index in [1.54, 1.807) is 10.1 Å². The Balaban J connectivity index is 0.000000405. The van der Waals surface area contributed by atoms with E-state index < -0.39 is 0 Å². The Labute approximate surface area is 126 Å². The van der Waals surface area contributed by atoms with Gasteiger partial charge in [0.05, 0.1) is 0 Å². The Kier molecular flexibility index (Phi) is 7.33. The van der Waals surface area contributed by atoms with E-state index in [9.17, 15) is 0 Å². The quantitative estimate of drug-likeness (QED) is 0.512. The van der Waals surface area contributed by atoms with Crippen LogP contribution in [0.1, 0.15) is 41.5 Å². The van der Waals surface area contributed by atoms with Crippen LogP contribution in [-0.2, 0) is 16.8 Å². The predicted molar refractivity (Wildman–Crippen MR) is 85.3 cm³/mol. The van der Waals surface area contributed by atoms with Crippen molar-refractivity contribution in [2.45, 2.75) is 41.5 Å². The minimum absolute atomic E-state index is 0. The molecule has 0 aromatic carbocycles. The predicted octanol–water partition coefficient (Wildman–Crippen LogP) is 5.56. The third-order valence-corrected chi connectivity index (χ3v) is 7.05. The van der Waals surface area contributed by atoms with Gasteiger partial charge in [-0.3, -0.25) is 0 Å². The average Bonchev–Trinajstić information content (AvgIpc) is 2.48. The molecular formula is C15H23CoP2. The van der Waals surface area contributed by atoms with Crippen LogP contribution in [0.2, 0.25) is 0 Å². The van der Waals surface area contributed by atoms with Gasteiger partial charge in [-0.1, -0.05) is 82.3 Å². The van der Waals surface area contributed by atoms with Crippen LogP contribution in [0, 0.1) is 17.3 Å². The molecule has 2 rings (SSSR count). The summed E-state index contributed by atoms with van der Waals surface area (Å²) in [5.41, 5.74) is 0.829. The van der Waals surface area contributed by atoms with Gasteiger partial charge in [-0.15, -0.1) is 0 Å². The van der Waals surface area contributed by atoms with Crippen molar-refractivity contribution in [3.8, 4) is 0 Å². The van der Waals surface area contributed by atoms with E-state index in [2.05, 4.69) is 41.5 Å². The summed E-state index contributed by atoms with van der Waals surface area (Å²) in [6.45, 7) is 13.8. The molecule has 0 N–H and O–H groups in total. The van der Waals surface area contributed by atoms with Gasteiger partial charge in [0.1, 0.15) is 0 Å². The standard InChI is InChI=1S/C10H18P2.C5H5.Co/c1-9(2,3)7-11-8(12-7)10(4,5)6;1-2-4-5-3-1;/h1-6H3;1-5H;. The van der Waals surface area contributed by atoms with Gasteiger partial charge in [-0.2, -0.15) is 0 Å². The molecule has 0 amide bonds. The summed E-state index contributed by atoms with van der Waals surface area (Å²) < 4.78 is 0. The van der Waals surface area contributed by atoms with Gasteiger partial charge in [0.25, 0.3) is 0 Å². The molecule has 0 fully saturated rings. The molecule has 102 valence electrons. The fourth-order valence-corrected chi connectivity index (χ4v) is 3.85. The van der Waals surface area contributed by atoms with Gasteiger partial charge in [0.2, 0.25) is 0 Å². The van der Waals surface area contributed by atoms with Crippen molar-refractivity contribution in [2.24, 2.45) is 10.8 Å². The Hall–Kier alpha value is 0.326. The smallest absolute Gasteiger partial charge is 0.0132 e. The topological polar surface area (TPSA) is 0 Å². The summed E-state index contributed by atoms with van der Waals surface area (Å²) in [7, 11) is 3.04. The van der Waals surface area contributed by atoms with Gasteiger partial charge in [-0.25, -0.2) is 0 Å². The summed E-state index contributed by atoms with van der Waals surface area (Å²) in [6.07, 6.45) is 10.0. The van der Waals surface area contributed by atoms with Crippen LogP contribution in [-0.4, -0.2) is 10.1 Å². The van der Waals surface area contributed by atoms with E-state index in [0.717, 1.165) is 0 Å². The van der Waals surface area contributed by atoms with Crippen molar-refractivity contribution in [3.63, 3.8) is 0 Å². The van der Waals surface area contributed by atoms with E-state index in [-0.39, 0.29) is 16.8 Å². The summed E-state index contributed by atoms with van der Waals surface area (Å²) >= 11 is 0. The van der Waals surface area contributed by atoms with E-state index in [1.165, 1.54) is 16.4 Å². The maximum atomic E-state index is 2.31. The Morgan fingerprint density at radius 1 is 0.667 bits per heavy atom. The number of hydrogen-bond donors (Lipinski definition) is 0. The molecule has 1 aliphatic carbocycles. The second kappa shape index (κ2) is 7.20. The zero-order chi connectivity index (χ0) is 13.1. The molecule has 0 spiro atoms. The molecule has 1 heterocycles. The first kappa shape index (κ1) is 18.3. The van der Waals surface area contributed by atoms with Crippen LogP contribution < -0.4 is 0 Å². The van der Waals surface area contributed by atoms with Gasteiger partial charge >= 0.3 is 0 Å². The van der Waals surface area contributed by atoms with E-state index in [4.69, 9.17) is 0 Å². The van der Waals surface area contributed by atoms with Crippen molar-refractivity contribution in [3.05, 3.63) is 30.7 Å². The maximum Gasteiger partial charge on any atom is 0.0132 e. The maximum absolute atomic E-state index is 2.31. The average molecular weight is 324 g/mol. The summed E-state index contributed by atoms with van der Waals surface area (Å²) in [5, 5.41) is 3.35. The fraction of sp³-hybridized carbons (Fsp3) is 0.533. The fourth-order valence-electron chi connectivity index (χ4n) is 1.20. The molecular weight excluding hydrogens is 301 g/mol. The number of allylic oxidation sites excluding steroid dienone is 4. The van der Waals surface area contributed by atoms with Crippen LogP contribution >= 0.6 is 16.4 Å². The molecule has 2 radical (unpaired) electrons. The molecule has 0 atom stereocenters. The zero-order valence-electron chi connectivity index (χ0n) is 12.1. The third kappa shape index (κ3) is 5.98. The van der Waals surface area contributed by atoms with Crippen molar-refractivity contribution in [1.82, 2.24) is 0 Å². The van der Waals surface area contributed by atoms with Crippen molar-refractivity contribution in [2.75, 3.05) is 0 Å². The van der Waals surface area contributed by atoms with Gasteiger partial charge in [0, 0.05) is 33.3 Å². The normalized spacial score (nSPS) is 18.8. The molecule has 0 saturated heterocycles. The second-order valence-electron chi connectivity index (χ2n) is 6.33. The molecule has 18 heavy (non-hydrogen) atoms. The SMILES string of the molecule is CC(C)(C)C1=PC(C(C)(C)C)=P1.[CH]1C=CC=C1.[Co]. The molecule has 2 aliphatic rings. The number of hydrogen-bond acceptors (Lipinski definition) is 0. The molecule has 0 bridgehead atoms. The van der Waals surface area contributed by atoms with Crippen molar-refractivity contribution in [1.29, 1.82) is 0 Å². The van der Waals surface area contributed by atoms with Crippen LogP contribution in [0.5, 0.6) is 0 Å². The minimum atomic E-state index is 0. The van der Waals surface area contributed by atoms with Gasteiger partial charge in [0.15, 0.2) is 0 Å². The van der Waals surface area contributed by atoms with Crippen molar-refractivity contribution < 1.29 is 16.8 Å². The monoisotopic (exact) mass is 324 g/mol. The first-order valence-corrected chi connectivity index (χ1v) is 7.85. The Morgan fingerprint density at radius 3 is 1.17 bits per heavy atom. The summed E-state index contributed by atoms with van der Waals surface area (Å²) in [5.74, 6) is 0. The Morgan fingerprint density at radius 2 is 1.00 bits per heavy atom. The molecule has 1 aliphatic heterocycles. The van der Waals surface area contributed by atoms with Crippen LogP contribution in [0.4, 0.5) is 0 Å². The number of rotatable bonds is 0. The third-order valence-electron chi connectivity index (χ3n) is 2.32. The molecule has 0 nitrogen and oxygen atoms in total. The Bertz CT molecular complexity index is 344. The van der Waals surface area contributed by atoms with Crippen LogP contribution in [0.15, 0.2) is 24.3 Å². The van der Waals surface area contributed by atoms with E-state index >= 15 is 0 Å². The largest absolute Gasteiger partial charge is 0.0767 e. The minimum Gasteiger partial charge on any atom is -0.0767 e. The first-order valence-electron chi connectivity index (χ1n) is 6.06. The first-order chi connectivity index (χ1) is 7.71. The van der Waals surface area contributed by atoms with Crippen LogP contribution in [0.25, 0.3) is 0 Å². The summed E-state index contributed by atoms with van der Waals surface area (Å²) in [4.78, 5) is 0. The van der Waals surface area contributed by atoms with E-state index in [1.807, 2.05) is 30.7 Å².